The van der Waals surface area contributed by atoms with Crippen molar-refractivity contribution in [2.45, 2.75) is 25.7 Å². The molecule has 0 unspecified atom stereocenters. The lowest BCUT2D eigenvalue weighted by Gasteiger charge is -2.31. The molecule has 8 heteroatoms. The first-order chi connectivity index (χ1) is 12.6. The molecule has 2 N–H and O–H groups in total. The Labute approximate surface area is 151 Å². The standard InChI is InChI=1S/C18H22N4O4/c23-17(3-4-18(24)25)22-9-6-13(7-10-22)12-26-14-1-2-15(19-11-14)16-5-8-20-21-16/h1-2,5,8,11,13H,3-4,6-7,9-10,12H2,(H,20,21)(H,24,25). The van der Waals surface area contributed by atoms with Gasteiger partial charge in [0.15, 0.2) is 0 Å². The van der Waals surface area contributed by atoms with E-state index in [-0.39, 0.29) is 18.7 Å². The predicted molar refractivity (Wildman–Crippen MR) is 93.5 cm³/mol. The molecule has 0 atom stereocenters. The molecular weight excluding hydrogens is 336 g/mol. The lowest BCUT2D eigenvalue weighted by Crippen LogP contribution is -2.39. The number of hydrogen-bond donors (Lipinski definition) is 2. The van der Waals surface area contributed by atoms with Crippen LogP contribution in [0.5, 0.6) is 5.75 Å². The molecule has 138 valence electrons. The van der Waals surface area contributed by atoms with Crippen LogP contribution in [-0.4, -0.2) is 56.8 Å². The molecule has 2 aromatic heterocycles. The van der Waals surface area contributed by atoms with E-state index < -0.39 is 5.97 Å². The van der Waals surface area contributed by atoms with Gasteiger partial charge in [-0.05, 0) is 37.0 Å². The Kier molecular flexibility index (Phi) is 5.83. The van der Waals surface area contributed by atoms with Crippen molar-refractivity contribution in [2.24, 2.45) is 5.92 Å². The SMILES string of the molecule is O=C(O)CCC(=O)N1CCC(COc2ccc(-c3ccn[nH]3)nc2)CC1. The second-order valence-corrected chi connectivity index (χ2v) is 6.38. The molecule has 0 aliphatic carbocycles. The van der Waals surface area contributed by atoms with Gasteiger partial charge in [0.2, 0.25) is 5.91 Å². The van der Waals surface area contributed by atoms with Crippen LogP contribution in [0, 0.1) is 5.92 Å². The number of carbonyl (C=O) groups is 2. The number of piperidine rings is 1. The summed E-state index contributed by atoms with van der Waals surface area (Å²) in [4.78, 5) is 28.6. The summed E-state index contributed by atoms with van der Waals surface area (Å²) in [5.41, 5.74) is 1.67. The molecule has 3 rings (SSSR count). The largest absolute Gasteiger partial charge is 0.492 e. The average molecular weight is 358 g/mol. The number of likely N-dealkylation sites (tertiary alicyclic amines) is 1. The first-order valence-corrected chi connectivity index (χ1v) is 8.70. The summed E-state index contributed by atoms with van der Waals surface area (Å²) in [6, 6.07) is 5.62. The molecule has 0 radical (unpaired) electrons. The van der Waals surface area contributed by atoms with Gasteiger partial charge < -0.3 is 14.7 Å². The van der Waals surface area contributed by atoms with E-state index in [0.29, 0.717) is 31.4 Å². The Bertz CT molecular complexity index is 722. The summed E-state index contributed by atoms with van der Waals surface area (Å²) in [6.07, 6.45) is 5.06. The number of carboxylic acid groups (broad SMARTS) is 1. The van der Waals surface area contributed by atoms with Crippen LogP contribution < -0.4 is 4.74 Å². The van der Waals surface area contributed by atoms with E-state index in [9.17, 15) is 9.59 Å². The van der Waals surface area contributed by atoms with E-state index >= 15 is 0 Å². The second kappa shape index (κ2) is 8.46. The minimum Gasteiger partial charge on any atom is -0.492 e. The van der Waals surface area contributed by atoms with Crippen LogP contribution in [0.3, 0.4) is 0 Å². The van der Waals surface area contributed by atoms with Crippen molar-refractivity contribution >= 4 is 11.9 Å². The highest BCUT2D eigenvalue weighted by Gasteiger charge is 2.23. The third-order valence-corrected chi connectivity index (χ3v) is 4.52. The van der Waals surface area contributed by atoms with Gasteiger partial charge in [0.1, 0.15) is 5.75 Å². The van der Waals surface area contributed by atoms with Crippen molar-refractivity contribution in [2.75, 3.05) is 19.7 Å². The molecule has 1 aliphatic rings. The van der Waals surface area contributed by atoms with Crippen molar-refractivity contribution in [1.29, 1.82) is 0 Å². The van der Waals surface area contributed by atoms with Gasteiger partial charge in [0, 0.05) is 25.7 Å². The fourth-order valence-corrected chi connectivity index (χ4v) is 2.96. The van der Waals surface area contributed by atoms with Crippen molar-refractivity contribution in [3.8, 4) is 17.1 Å². The molecule has 1 fully saturated rings. The van der Waals surface area contributed by atoms with Gasteiger partial charge in [-0.25, -0.2) is 0 Å². The molecule has 0 bridgehead atoms. The lowest BCUT2D eigenvalue weighted by atomic mass is 9.97. The number of carboxylic acids is 1. The van der Waals surface area contributed by atoms with Crippen molar-refractivity contribution in [3.05, 3.63) is 30.6 Å². The molecule has 8 nitrogen and oxygen atoms in total. The monoisotopic (exact) mass is 358 g/mol. The summed E-state index contributed by atoms with van der Waals surface area (Å²) in [5.74, 6) is 0.0817. The molecule has 1 amide bonds. The summed E-state index contributed by atoms with van der Waals surface area (Å²) >= 11 is 0. The van der Waals surface area contributed by atoms with Gasteiger partial charge in [0.05, 0.1) is 30.6 Å². The van der Waals surface area contributed by atoms with E-state index in [0.717, 1.165) is 24.2 Å². The summed E-state index contributed by atoms with van der Waals surface area (Å²) in [6.45, 7) is 1.90. The molecule has 1 saturated heterocycles. The van der Waals surface area contributed by atoms with Crippen LogP contribution in [-0.2, 0) is 9.59 Å². The third-order valence-electron chi connectivity index (χ3n) is 4.52. The van der Waals surface area contributed by atoms with Crippen molar-refractivity contribution in [1.82, 2.24) is 20.1 Å². The Morgan fingerprint density at radius 2 is 2.04 bits per heavy atom. The highest BCUT2D eigenvalue weighted by Crippen LogP contribution is 2.21. The lowest BCUT2D eigenvalue weighted by molar-refractivity contribution is -0.141. The quantitative estimate of drug-likeness (QED) is 0.783. The Hall–Kier alpha value is -2.90. The van der Waals surface area contributed by atoms with Crippen LogP contribution in [0.15, 0.2) is 30.6 Å². The maximum atomic E-state index is 11.9. The fourth-order valence-electron chi connectivity index (χ4n) is 2.96. The Morgan fingerprint density at radius 3 is 2.65 bits per heavy atom. The van der Waals surface area contributed by atoms with E-state index in [1.807, 2.05) is 18.2 Å². The van der Waals surface area contributed by atoms with Gasteiger partial charge in [-0.2, -0.15) is 5.10 Å². The number of nitrogens with one attached hydrogen (secondary N) is 1. The van der Waals surface area contributed by atoms with Gasteiger partial charge in [-0.1, -0.05) is 0 Å². The van der Waals surface area contributed by atoms with E-state index in [1.54, 1.807) is 17.3 Å². The van der Waals surface area contributed by atoms with Gasteiger partial charge in [-0.15, -0.1) is 0 Å². The fraction of sp³-hybridized carbons (Fsp3) is 0.444. The van der Waals surface area contributed by atoms with Crippen molar-refractivity contribution < 1.29 is 19.4 Å². The summed E-state index contributed by atoms with van der Waals surface area (Å²) in [5, 5.41) is 15.4. The summed E-state index contributed by atoms with van der Waals surface area (Å²) in [7, 11) is 0. The number of aromatic nitrogens is 3. The smallest absolute Gasteiger partial charge is 0.303 e. The number of ether oxygens (including phenoxy) is 1. The molecule has 26 heavy (non-hydrogen) atoms. The number of pyridine rings is 1. The number of carbonyl (C=O) groups excluding carboxylic acids is 1. The topological polar surface area (TPSA) is 108 Å². The molecule has 0 aromatic carbocycles. The minimum atomic E-state index is -0.936. The Balaban J connectivity index is 1.41. The maximum Gasteiger partial charge on any atom is 0.303 e. The number of amides is 1. The number of hydrogen-bond acceptors (Lipinski definition) is 5. The van der Waals surface area contributed by atoms with E-state index in [2.05, 4.69) is 15.2 Å². The van der Waals surface area contributed by atoms with Crippen LogP contribution in [0.25, 0.3) is 11.4 Å². The highest BCUT2D eigenvalue weighted by molar-refractivity contribution is 5.80. The van der Waals surface area contributed by atoms with E-state index in [1.165, 1.54) is 0 Å². The summed E-state index contributed by atoms with van der Waals surface area (Å²) < 4.78 is 5.82. The average Bonchev–Trinajstić information content (AvgIpc) is 3.20. The molecule has 0 saturated carbocycles. The van der Waals surface area contributed by atoms with E-state index in [4.69, 9.17) is 9.84 Å². The number of aliphatic carboxylic acids is 1. The molecule has 0 spiro atoms. The number of aromatic amines is 1. The zero-order valence-electron chi connectivity index (χ0n) is 14.4. The minimum absolute atomic E-state index is 0.0743. The highest BCUT2D eigenvalue weighted by atomic mass is 16.5. The number of nitrogens with zero attached hydrogens (tertiary/aromatic N) is 3. The van der Waals surface area contributed by atoms with Gasteiger partial charge >= 0.3 is 5.97 Å². The third kappa shape index (κ3) is 4.81. The number of H-pyrrole nitrogens is 1. The zero-order chi connectivity index (χ0) is 18.4. The molecule has 3 heterocycles. The van der Waals surface area contributed by atoms with Gasteiger partial charge in [0.25, 0.3) is 0 Å². The van der Waals surface area contributed by atoms with Crippen LogP contribution in [0.1, 0.15) is 25.7 Å². The van der Waals surface area contributed by atoms with Crippen LogP contribution >= 0.6 is 0 Å². The molecule has 2 aromatic rings. The number of rotatable bonds is 7. The zero-order valence-corrected chi connectivity index (χ0v) is 14.4. The first-order valence-electron chi connectivity index (χ1n) is 8.70. The van der Waals surface area contributed by atoms with Crippen LogP contribution in [0.2, 0.25) is 0 Å². The normalized spacial score (nSPS) is 15.0. The maximum absolute atomic E-state index is 11.9. The second-order valence-electron chi connectivity index (χ2n) is 6.38. The van der Waals surface area contributed by atoms with Crippen LogP contribution in [0.4, 0.5) is 0 Å². The molecule has 1 aliphatic heterocycles. The van der Waals surface area contributed by atoms with Gasteiger partial charge in [-0.3, -0.25) is 19.7 Å². The van der Waals surface area contributed by atoms with Crippen molar-refractivity contribution in [3.63, 3.8) is 0 Å². The first kappa shape index (κ1) is 17.9. The molecular formula is C18H22N4O4. The Morgan fingerprint density at radius 1 is 1.23 bits per heavy atom. The predicted octanol–water partition coefficient (Wildman–Crippen LogP) is 1.95.